The molecule has 2 aromatic carbocycles. The van der Waals surface area contributed by atoms with E-state index in [2.05, 4.69) is 0 Å². The highest BCUT2D eigenvalue weighted by Gasteiger charge is 2.48. The summed E-state index contributed by atoms with van der Waals surface area (Å²) >= 11 is 0. The van der Waals surface area contributed by atoms with E-state index in [-0.39, 0.29) is 198 Å². The fourth-order valence-corrected chi connectivity index (χ4v) is 20.9. The quantitative estimate of drug-likeness (QED) is 0.0459. The van der Waals surface area contributed by atoms with Crippen LogP contribution in [-0.4, -0.2) is 275 Å². The molecule has 4 aliphatic heterocycles. The van der Waals surface area contributed by atoms with Gasteiger partial charge in [-0.3, -0.25) is 76.9 Å². The number of ether oxygens (including phenoxy) is 4. The van der Waals surface area contributed by atoms with Crippen molar-refractivity contribution in [3.8, 4) is 0 Å². The van der Waals surface area contributed by atoms with Crippen LogP contribution in [0.25, 0.3) is 0 Å². The van der Waals surface area contributed by atoms with E-state index in [9.17, 15) is 77.3 Å². The molecule has 20 atom stereocenters. The molecule has 28 heteroatoms. The fraction of sp³-hybridized carbons (Fsp3) is 0.712. The lowest BCUT2D eigenvalue weighted by molar-refractivity contribution is -0.150. The molecule has 0 spiro atoms. The number of ketones is 4. The van der Waals surface area contributed by atoms with Gasteiger partial charge in [0.2, 0.25) is 35.4 Å². The highest BCUT2D eigenvalue weighted by Crippen LogP contribution is 2.39. The van der Waals surface area contributed by atoms with Crippen LogP contribution < -0.4 is 0 Å². The number of rotatable bonds is 53. The Labute approximate surface area is 787 Å². The molecule has 0 unspecified atom stereocenters. The summed E-state index contributed by atoms with van der Waals surface area (Å²) in [4.78, 5) is 202. The number of likely N-dealkylation sites (N-methyl/N-ethyl adjacent to an activating group) is 4. The molecule has 0 aromatic heterocycles. The van der Waals surface area contributed by atoms with Crippen LogP contribution in [-0.2, 0) is 86.1 Å². The average Bonchev–Trinajstić information content (AvgIpc) is 1.42. The molecule has 5 aliphatic rings. The first-order valence-corrected chi connectivity index (χ1v) is 48.8. The molecule has 1 aliphatic carbocycles. The van der Waals surface area contributed by atoms with Gasteiger partial charge in [-0.15, -0.1) is 0 Å². The molecule has 10 amide bonds. The minimum atomic E-state index is -0.792. The molecule has 2 N–H and O–H groups in total. The van der Waals surface area contributed by atoms with Crippen LogP contribution in [0.15, 0.2) is 85.0 Å². The van der Waals surface area contributed by atoms with Gasteiger partial charge in [0.1, 0.15) is 11.6 Å². The van der Waals surface area contributed by atoms with Gasteiger partial charge in [-0.1, -0.05) is 191 Å². The maximum atomic E-state index is 14.7. The maximum Gasteiger partial charge on any atom is 0.253 e. The second kappa shape index (κ2) is 53.7. The summed E-state index contributed by atoms with van der Waals surface area (Å²) in [6.07, 6.45) is 10.00. The number of aliphatic hydroxyl groups is 2. The third-order valence-electron chi connectivity index (χ3n) is 29.4. The van der Waals surface area contributed by atoms with Gasteiger partial charge < -0.3 is 58.6 Å². The molecular formula is C104H162N8O20. The van der Waals surface area contributed by atoms with Gasteiger partial charge in [-0.25, -0.2) is 0 Å². The summed E-state index contributed by atoms with van der Waals surface area (Å²) in [5.74, 6) is -7.01. The number of carbonyl (C=O) groups excluding carboxylic acids is 14. The monoisotopic (exact) mass is 1840 g/mol. The lowest BCUT2D eigenvalue weighted by atomic mass is 9.80. The lowest BCUT2D eigenvalue weighted by Crippen LogP contribution is -2.54. The molecule has 3 fully saturated rings. The molecule has 28 nitrogen and oxygen atoms in total. The van der Waals surface area contributed by atoms with Crippen molar-refractivity contribution in [3.05, 3.63) is 96.1 Å². The van der Waals surface area contributed by atoms with Crippen molar-refractivity contribution in [2.75, 3.05) is 82.8 Å². The summed E-state index contributed by atoms with van der Waals surface area (Å²) in [5.41, 5.74) is 1.51. The van der Waals surface area contributed by atoms with E-state index < -0.39 is 84.5 Å². The number of methoxy groups -OCH3 is 4. The van der Waals surface area contributed by atoms with E-state index in [1.807, 2.05) is 176 Å². The smallest absolute Gasteiger partial charge is 0.253 e. The third kappa shape index (κ3) is 29.7. The predicted molar refractivity (Wildman–Crippen MR) is 507 cm³/mol. The Hall–Kier alpha value is -8.54. The third-order valence-corrected chi connectivity index (χ3v) is 29.4. The Morgan fingerprint density at radius 2 is 0.788 bits per heavy atom. The highest BCUT2D eigenvalue weighted by molar-refractivity contribution is 6.13. The summed E-state index contributed by atoms with van der Waals surface area (Å²) in [5, 5.41) is 21.9. The van der Waals surface area contributed by atoms with Gasteiger partial charge >= 0.3 is 0 Å². The summed E-state index contributed by atoms with van der Waals surface area (Å²) in [7, 11) is 13.0. The number of benzene rings is 2. The molecule has 2 saturated heterocycles. The number of amides is 10. The largest absolute Gasteiger partial charge is 0.388 e. The Morgan fingerprint density at radius 3 is 1.14 bits per heavy atom. The lowest BCUT2D eigenvalue weighted by Gasteiger charge is -2.41. The number of hydrogen-bond acceptors (Lipinski definition) is 20. The molecule has 1 saturated carbocycles. The topological polar surface area (TPSA) is 342 Å². The highest BCUT2D eigenvalue weighted by atomic mass is 16.5. The SMILES string of the molecule is CC[C@H](C)[C@@H]([C@@H](CC(=O)N1CCC[C@H]1[C@H](OC)[C@@H](C)C(=O)C[C@H](C)[C@@H](O)c1ccccc1)OC)N(C)C(=O)[C@@H](CC(=O)[C@H](C(C)C)N(C)C(=O)C1CCC(CN2C(=O)C=CC2=O)CC1)C(C)C.CC[C@H](C)[C@@H]([C@@H](CC(=O)N1CCC[C@H]1[C@H](OC)[C@@H](C)C(=O)C[C@H](C)[C@@H](O)c1ccccc1)OC)N(C)C(=O)[C@@H](CC(=O)[C@H](C(C)C)N(C)C(=O)CCCCCN1C(=O)C=CC1=O)C(C)C. The zero-order valence-electron chi connectivity index (χ0n) is 83.9. The number of carbonyl (C=O) groups is 14. The number of Topliss-reactive ketones (excluding diaryl/α,β-unsaturated/α-hetero) is 4. The average molecular weight is 1840 g/mol. The molecule has 4 heterocycles. The van der Waals surface area contributed by atoms with Crippen LogP contribution in [0.1, 0.15) is 263 Å². The number of likely N-dealkylation sites (tertiary alicyclic amines) is 2. The van der Waals surface area contributed by atoms with Crippen molar-refractivity contribution in [2.45, 2.75) is 312 Å². The molecule has 0 bridgehead atoms. The van der Waals surface area contributed by atoms with E-state index >= 15 is 0 Å². The molecule has 2 aromatic rings. The maximum absolute atomic E-state index is 14.7. The number of nitrogens with zero attached hydrogens (tertiary/aromatic N) is 8. The van der Waals surface area contributed by atoms with Gasteiger partial charge in [0.05, 0.1) is 85.7 Å². The van der Waals surface area contributed by atoms with Crippen molar-refractivity contribution >= 4 is 82.2 Å². The predicted octanol–water partition coefficient (Wildman–Crippen LogP) is 13.1. The number of aliphatic hydroxyl groups excluding tert-OH is 2. The van der Waals surface area contributed by atoms with Crippen molar-refractivity contribution in [1.82, 2.24) is 39.2 Å². The molecular weight excluding hydrogens is 1680 g/mol. The number of unbranched alkanes of at least 4 members (excludes halogenated alkanes) is 2. The zero-order chi connectivity index (χ0) is 98.6. The zero-order valence-corrected chi connectivity index (χ0v) is 83.9. The summed E-state index contributed by atoms with van der Waals surface area (Å²) in [6.45, 7) is 32.4. The van der Waals surface area contributed by atoms with Crippen LogP contribution in [0.4, 0.5) is 0 Å². The van der Waals surface area contributed by atoms with Gasteiger partial charge in [0, 0.05) is 169 Å². The van der Waals surface area contributed by atoms with Gasteiger partial charge in [-0.2, -0.15) is 0 Å². The van der Waals surface area contributed by atoms with Crippen molar-refractivity contribution in [3.63, 3.8) is 0 Å². The van der Waals surface area contributed by atoms with Crippen LogP contribution in [0.3, 0.4) is 0 Å². The van der Waals surface area contributed by atoms with Crippen LogP contribution >= 0.6 is 0 Å². The summed E-state index contributed by atoms with van der Waals surface area (Å²) < 4.78 is 24.2. The minimum absolute atomic E-state index is 0.0000779. The van der Waals surface area contributed by atoms with Gasteiger partial charge in [-0.05, 0) is 129 Å². The van der Waals surface area contributed by atoms with Crippen molar-refractivity contribution in [2.24, 2.45) is 82.9 Å². The second-order valence-electron chi connectivity index (χ2n) is 39.9. The Morgan fingerprint density at radius 1 is 0.417 bits per heavy atom. The van der Waals surface area contributed by atoms with Gasteiger partial charge in [0.25, 0.3) is 23.6 Å². The second-order valence-corrected chi connectivity index (χ2v) is 39.9. The van der Waals surface area contributed by atoms with Crippen molar-refractivity contribution in [1.29, 1.82) is 0 Å². The molecule has 0 radical (unpaired) electrons. The molecule has 132 heavy (non-hydrogen) atoms. The van der Waals surface area contributed by atoms with E-state index in [4.69, 9.17) is 18.9 Å². The minimum Gasteiger partial charge on any atom is -0.388 e. The Balaban J connectivity index is 0.000000406. The first-order valence-electron chi connectivity index (χ1n) is 48.8. The molecule has 7 rings (SSSR count). The Kier molecular flexibility index (Phi) is 45.6. The fourth-order valence-electron chi connectivity index (χ4n) is 20.9. The standard InChI is InChI=1S/C53H82N4O10.C51H80N4O10/c1-13-34(6)49(44(66-11)30-47(62)56-27-17-20-41(56)51(67-12)36(8)42(58)28-35(7)50(63)38-18-15-14-16-19-38)55(10)53(65)40(32(2)3)29-43(59)48(33(4)5)54(9)52(64)39-23-21-37(22-24-39)31-57-45(60)25-26-46(57)61;1-13-34(6)48(42(64-11)31-46(61)54-28-20-23-39(54)50(65-12)36(8)40(56)29-35(7)49(62)37-21-16-14-17-22-37)53(10)51(63)38(32(2)3)30-41(57)47(33(4)5)52(9)43(58)24-18-15-19-27-55-44(59)25-26-45(55)60/h14-16,18-19,25-26,32-37,39-41,44,48-51,63H,13,17,20-24,27-31H2,1-12H3;14,16-17,21-22,25-26,32-36,38-39,42,47-50,62H,13,15,18-20,23-24,27-31H2,1-12H3/t34-,35-,36-,37?,39?,40-,41-,44+,48-,49-,50+,51+;34-,35-,36-,38-,39-,42+,47-,48-,49+,50+/m00/s1. The van der Waals surface area contributed by atoms with E-state index in [1.165, 1.54) is 39.0 Å². The number of hydrogen-bond donors (Lipinski definition) is 2. The van der Waals surface area contributed by atoms with Crippen LogP contribution in [0.5, 0.6) is 0 Å². The first kappa shape index (κ1) is 112. The van der Waals surface area contributed by atoms with Crippen LogP contribution in [0, 0.1) is 82.9 Å². The van der Waals surface area contributed by atoms with E-state index in [0.29, 0.717) is 96.8 Å². The van der Waals surface area contributed by atoms with Gasteiger partial charge in [0.15, 0.2) is 11.6 Å². The summed E-state index contributed by atoms with van der Waals surface area (Å²) in [6, 6.07) is 15.4. The first-order chi connectivity index (χ1) is 62.4. The number of imide groups is 2. The van der Waals surface area contributed by atoms with E-state index in [1.54, 1.807) is 76.2 Å². The normalized spacial score (nSPS) is 21.2. The van der Waals surface area contributed by atoms with E-state index in [0.717, 1.165) is 24.0 Å². The Bertz CT molecular complexity index is 4150. The molecule has 738 valence electrons. The van der Waals surface area contributed by atoms with Crippen LogP contribution in [0.2, 0.25) is 0 Å². The van der Waals surface area contributed by atoms with Crippen molar-refractivity contribution < 1.29 is 96.3 Å².